The van der Waals surface area contributed by atoms with E-state index in [9.17, 15) is 9.59 Å². The smallest absolute Gasteiger partial charge is 0.260 e. The van der Waals surface area contributed by atoms with E-state index in [1.54, 1.807) is 6.07 Å². The minimum atomic E-state index is -0.392. The molecule has 0 aliphatic carbocycles. The summed E-state index contributed by atoms with van der Waals surface area (Å²) in [5.74, 6) is -0.417. The van der Waals surface area contributed by atoms with Gasteiger partial charge in [0.1, 0.15) is 16.5 Å². The average Bonchev–Trinajstić information content (AvgIpc) is 3.05. The number of H-pyrrole nitrogens is 1. The Morgan fingerprint density at radius 2 is 2.12 bits per heavy atom. The van der Waals surface area contributed by atoms with Crippen molar-refractivity contribution < 1.29 is 4.79 Å². The third-order valence-electron chi connectivity index (χ3n) is 3.63. The van der Waals surface area contributed by atoms with Crippen molar-refractivity contribution in [1.82, 2.24) is 9.97 Å². The molecular formula is C18H14N4O2S2. The second kappa shape index (κ2) is 7.56. The molecular weight excluding hydrogens is 368 g/mol. The highest BCUT2D eigenvalue weighted by atomic mass is 32.2. The van der Waals surface area contributed by atoms with E-state index in [2.05, 4.69) is 9.97 Å². The predicted octanol–water partition coefficient (Wildman–Crippen LogP) is 3.07. The standard InChI is InChI=1S/C18H14N4O2S2/c1-10(20)12(7-19)14(23)9-26-18-21-16(24)15-13(8-25-17(15)22-18)11-5-3-2-4-6-11/h2-6,8H,9,20H2,1H3,(H,21,22,24)/b12-10+. The van der Waals surface area contributed by atoms with Gasteiger partial charge in [0.15, 0.2) is 10.9 Å². The molecule has 0 amide bonds. The molecule has 3 rings (SSSR count). The van der Waals surface area contributed by atoms with Gasteiger partial charge in [-0.2, -0.15) is 5.26 Å². The van der Waals surface area contributed by atoms with Crippen molar-refractivity contribution in [3.8, 4) is 17.2 Å². The molecule has 0 aliphatic rings. The Balaban J connectivity index is 1.90. The highest BCUT2D eigenvalue weighted by Gasteiger charge is 2.15. The van der Waals surface area contributed by atoms with Crippen LogP contribution in [-0.4, -0.2) is 21.5 Å². The summed E-state index contributed by atoms with van der Waals surface area (Å²) < 4.78 is 0. The number of carbonyl (C=O) groups is 1. The van der Waals surface area contributed by atoms with Crippen LogP contribution in [0.1, 0.15) is 6.92 Å². The van der Waals surface area contributed by atoms with Crippen molar-refractivity contribution in [2.45, 2.75) is 12.1 Å². The van der Waals surface area contributed by atoms with Crippen molar-refractivity contribution in [3.05, 3.63) is 57.3 Å². The summed E-state index contributed by atoms with van der Waals surface area (Å²) in [5, 5.41) is 11.7. The molecule has 0 aliphatic heterocycles. The molecule has 0 unspecified atom stereocenters. The number of nitrogens with one attached hydrogen (secondary N) is 1. The molecule has 2 aromatic heterocycles. The van der Waals surface area contributed by atoms with Crippen LogP contribution in [0.4, 0.5) is 0 Å². The van der Waals surface area contributed by atoms with Gasteiger partial charge in [-0.3, -0.25) is 9.59 Å². The predicted molar refractivity (Wildman–Crippen MR) is 104 cm³/mol. The third kappa shape index (κ3) is 3.54. The highest BCUT2D eigenvalue weighted by molar-refractivity contribution is 7.99. The number of nitrogens with two attached hydrogens (primary N) is 1. The van der Waals surface area contributed by atoms with Gasteiger partial charge in [0.2, 0.25) is 0 Å². The maximum atomic E-state index is 12.5. The molecule has 0 spiro atoms. The number of nitrogens with zero attached hydrogens (tertiary/aromatic N) is 2. The molecule has 3 aromatic rings. The molecule has 0 saturated heterocycles. The zero-order valence-electron chi connectivity index (χ0n) is 13.8. The lowest BCUT2D eigenvalue weighted by atomic mass is 10.1. The van der Waals surface area contributed by atoms with Gasteiger partial charge in [-0.1, -0.05) is 42.1 Å². The summed E-state index contributed by atoms with van der Waals surface area (Å²) in [4.78, 5) is 32.3. The molecule has 6 nitrogen and oxygen atoms in total. The van der Waals surface area contributed by atoms with E-state index in [1.807, 2.05) is 35.7 Å². The molecule has 2 heterocycles. The first-order chi connectivity index (χ1) is 12.5. The van der Waals surface area contributed by atoms with Gasteiger partial charge < -0.3 is 10.7 Å². The minimum Gasteiger partial charge on any atom is -0.401 e. The summed E-state index contributed by atoms with van der Waals surface area (Å²) >= 11 is 2.45. The number of nitriles is 1. The number of allylic oxidation sites excluding steroid dienone is 2. The van der Waals surface area contributed by atoms with Crippen LogP contribution in [-0.2, 0) is 4.79 Å². The number of rotatable bonds is 5. The number of ketones is 1. The summed E-state index contributed by atoms with van der Waals surface area (Å²) in [6.07, 6.45) is 0. The van der Waals surface area contributed by atoms with E-state index in [0.29, 0.717) is 15.4 Å². The van der Waals surface area contributed by atoms with Crippen LogP contribution in [0.25, 0.3) is 21.3 Å². The fourth-order valence-electron chi connectivity index (χ4n) is 2.40. The minimum absolute atomic E-state index is 0.0250. The largest absolute Gasteiger partial charge is 0.401 e. The monoisotopic (exact) mass is 382 g/mol. The van der Waals surface area contributed by atoms with Gasteiger partial charge in [0.25, 0.3) is 5.56 Å². The Bertz CT molecular complexity index is 1100. The first-order valence-corrected chi connectivity index (χ1v) is 9.47. The number of carbonyl (C=O) groups excluding carboxylic acids is 1. The van der Waals surface area contributed by atoms with Gasteiger partial charge in [-0.25, -0.2) is 4.98 Å². The topological polar surface area (TPSA) is 113 Å². The van der Waals surface area contributed by atoms with Gasteiger partial charge in [-0.15, -0.1) is 11.3 Å². The number of thiophene rings is 1. The number of hydrogen-bond acceptors (Lipinski definition) is 7. The maximum absolute atomic E-state index is 12.5. The maximum Gasteiger partial charge on any atom is 0.260 e. The van der Waals surface area contributed by atoms with Gasteiger partial charge >= 0.3 is 0 Å². The van der Waals surface area contributed by atoms with Crippen molar-refractivity contribution in [2.75, 3.05) is 5.75 Å². The summed E-state index contributed by atoms with van der Waals surface area (Å²) in [7, 11) is 0. The number of Topliss-reactive ketones (excluding diaryl/α,β-unsaturated/α-hetero) is 1. The van der Waals surface area contributed by atoms with E-state index in [-0.39, 0.29) is 22.6 Å². The molecule has 0 radical (unpaired) electrons. The highest BCUT2D eigenvalue weighted by Crippen LogP contribution is 2.31. The number of thioether (sulfide) groups is 1. The second-order valence-corrected chi connectivity index (χ2v) is 7.27. The van der Waals surface area contributed by atoms with E-state index >= 15 is 0 Å². The summed E-state index contributed by atoms with van der Waals surface area (Å²) in [5.41, 5.74) is 7.17. The lowest BCUT2D eigenvalue weighted by molar-refractivity contribution is -0.112. The Morgan fingerprint density at radius 3 is 2.77 bits per heavy atom. The van der Waals surface area contributed by atoms with Crippen LogP contribution in [0.5, 0.6) is 0 Å². The quantitative estimate of drug-likeness (QED) is 0.303. The Kier molecular flexibility index (Phi) is 5.21. The van der Waals surface area contributed by atoms with E-state index in [4.69, 9.17) is 11.0 Å². The van der Waals surface area contributed by atoms with Crippen LogP contribution in [0.15, 0.2) is 56.9 Å². The zero-order valence-corrected chi connectivity index (χ0v) is 15.4. The third-order valence-corrected chi connectivity index (χ3v) is 5.38. The van der Waals surface area contributed by atoms with Crippen LogP contribution in [0.2, 0.25) is 0 Å². The van der Waals surface area contributed by atoms with Crippen molar-refractivity contribution in [1.29, 1.82) is 5.26 Å². The van der Waals surface area contributed by atoms with Gasteiger partial charge in [0.05, 0.1) is 11.1 Å². The van der Waals surface area contributed by atoms with Crippen LogP contribution in [0.3, 0.4) is 0 Å². The van der Waals surface area contributed by atoms with Gasteiger partial charge in [-0.05, 0) is 12.5 Å². The summed E-state index contributed by atoms with van der Waals surface area (Å²) in [6, 6.07) is 11.4. The zero-order chi connectivity index (χ0) is 18.7. The van der Waals surface area contributed by atoms with Crippen molar-refractivity contribution in [2.24, 2.45) is 5.73 Å². The molecule has 0 atom stereocenters. The normalized spacial score (nSPS) is 11.8. The molecule has 0 bridgehead atoms. The number of aromatic nitrogens is 2. The second-order valence-electron chi connectivity index (χ2n) is 5.45. The first kappa shape index (κ1) is 17.9. The number of hydrogen-bond donors (Lipinski definition) is 2. The van der Waals surface area contributed by atoms with Crippen LogP contribution in [0, 0.1) is 11.3 Å². The Labute approximate surface area is 157 Å². The van der Waals surface area contributed by atoms with Crippen molar-refractivity contribution in [3.63, 3.8) is 0 Å². The van der Waals surface area contributed by atoms with Gasteiger partial charge in [0, 0.05) is 16.6 Å². The molecule has 0 fully saturated rings. The molecule has 8 heteroatoms. The molecule has 3 N–H and O–H groups in total. The first-order valence-electron chi connectivity index (χ1n) is 7.60. The van der Waals surface area contributed by atoms with Crippen LogP contribution >= 0.6 is 23.1 Å². The van der Waals surface area contributed by atoms with E-state index < -0.39 is 5.78 Å². The average molecular weight is 382 g/mol. The number of aromatic amines is 1. The lowest BCUT2D eigenvalue weighted by Gasteiger charge is -2.02. The summed E-state index contributed by atoms with van der Waals surface area (Å²) in [6.45, 7) is 1.50. The van der Waals surface area contributed by atoms with Crippen molar-refractivity contribution >= 4 is 39.1 Å². The fraction of sp³-hybridized carbons (Fsp3) is 0.111. The Morgan fingerprint density at radius 1 is 1.38 bits per heavy atom. The molecule has 0 saturated carbocycles. The molecule has 1 aromatic carbocycles. The molecule has 130 valence electrons. The molecule has 26 heavy (non-hydrogen) atoms. The number of benzene rings is 1. The lowest BCUT2D eigenvalue weighted by Crippen LogP contribution is -2.12. The van der Waals surface area contributed by atoms with E-state index in [1.165, 1.54) is 18.3 Å². The fourth-order valence-corrected chi connectivity index (χ4v) is 4.14. The number of fused-ring (bicyclic) bond motifs is 1. The SMILES string of the molecule is C/C(N)=C(/C#N)C(=O)CSc1nc2scc(-c3ccccc3)c2c(=O)[nH]1. The van der Waals surface area contributed by atoms with E-state index in [0.717, 1.165) is 22.9 Å². The van der Waals surface area contributed by atoms with Crippen LogP contribution < -0.4 is 11.3 Å². The Hall–Kier alpha value is -2.89.